The molecule has 0 unspecified atom stereocenters. The number of hydrogen-bond acceptors (Lipinski definition) is 4. The Morgan fingerprint density at radius 3 is 2.77 bits per heavy atom. The highest BCUT2D eigenvalue weighted by molar-refractivity contribution is 7.16. The van der Waals surface area contributed by atoms with E-state index >= 15 is 0 Å². The van der Waals surface area contributed by atoms with Gasteiger partial charge in [0.25, 0.3) is 0 Å². The van der Waals surface area contributed by atoms with Crippen molar-refractivity contribution in [2.24, 2.45) is 0 Å². The number of aromatic nitrogens is 3. The average molecular weight is 307 g/mol. The van der Waals surface area contributed by atoms with Gasteiger partial charge in [-0.2, -0.15) is 9.61 Å². The Morgan fingerprint density at radius 2 is 2.00 bits per heavy atom. The number of rotatable bonds is 3. The van der Waals surface area contributed by atoms with Crippen molar-refractivity contribution >= 4 is 33.4 Å². The van der Waals surface area contributed by atoms with Crippen LogP contribution in [0.4, 0.5) is 0 Å². The fraction of sp³-hybridized carbons (Fsp3) is 0.118. The molecular weight excluding hydrogens is 294 g/mol. The van der Waals surface area contributed by atoms with E-state index in [0.29, 0.717) is 11.4 Å². The number of carbonyl (C=O) groups is 1. The molecule has 0 saturated carbocycles. The maximum absolute atomic E-state index is 11.5. The number of nitrogens with zero attached hydrogens (tertiary/aromatic N) is 3. The predicted octanol–water partition coefficient (Wildman–Crippen LogP) is 3.99. The Kier molecular flexibility index (Phi) is 3.01. The monoisotopic (exact) mass is 307 g/mol. The summed E-state index contributed by atoms with van der Waals surface area (Å²) < 4.78 is 1.65. The maximum Gasteiger partial charge on any atom is 0.213 e. The van der Waals surface area contributed by atoms with Crippen molar-refractivity contribution < 1.29 is 4.79 Å². The lowest BCUT2D eigenvalue weighted by molar-refractivity contribution is 0.111. The number of imidazole rings is 1. The second-order valence-corrected chi connectivity index (χ2v) is 6.11. The van der Waals surface area contributed by atoms with Crippen LogP contribution in [0.25, 0.3) is 27.0 Å². The van der Waals surface area contributed by atoms with Crippen LogP contribution < -0.4 is 0 Å². The molecule has 2 aromatic heterocycles. The van der Waals surface area contributed by atoms with E-state index in [1.165, 1.54) is 16.7 Å². The van der Waals surface area contributed by atoms with E-state index in [-0.39, 0.29) is 0 Å². The van der Waals surface area contributed by atoms with Crippen LogP contribution in [0, 0.1) is 0 Å². The summed E-state index contributed by atoms with van der Waals surface area (Å²) in [7, 11) is 0. The standard InChI is InChI=1S/C17H13N3OS/c1-2-15-19-20-14(10-21)16(18-17(20)22-15)13-8-7-11-5-3-4-6-12(11)9-13/h3-10H,2H2,1H3. The number of fused-ring (bicyclic) bond motifs is 2. The highest BCUT2D eigenvalue weighted by Gasteiger charge is 2.17. The minimum atomic E-state index is 0.515. The summed E-state index contributed by atoms with van der Waals surface area (Å²) in [5.41, 5.74) is 2.15. The molecular formula is C17H13N3OS. The Morgan fingerprint density at radius 1 is 1.18 bits per heavy atom. The summed E-state index contributed by atoms with van der Waals surface area (Å²) in [6.45, 7) is 2.04. The van der Waals surface area contributed by atoms with Gasteiger partial charge >= 0.3 is 0 Å². The van der Waals surface area contributed by atoms with Crippen LogP contribution in [0.2, 0.25) is 0 Å². The van der Waals surface area contributed by atoms with Crippen molar-refractivity contribution in [3.63, 3.8) is 0 Å². The van der Waals surface area contributed by atoms with Crippen LogP contribution in [0.1, 0.15) is 22.4 Å². The van der Waals surface area contributed by atoms with Gasteiger partial charge in [0, 0.05) is 5.56 Å². The van der Waals surface area contributed by atoms with Crippen LogP contribution in [-0.2, 0) is 6.42 Å². The Bertz CT molecular complexity index is 1000. The fourth-order valence-corrected chi connectivity index (χ4v) is 3.44. The van der Waals surface area contributed by atoms with E-state index in [1.54, 1.807) is 4.52 Å². The molecule has 0 spiro atoms. The van der Waals surface area contributed by atoms with Crippen molar-refractivity contribution in [1.82, 2.24) is 14.6 Å². The van der Waals surface area contributed by atoms with Gasteiger partial charge in [0.1, 0.15) is 16.4 Å². The summed E-state index contributed by atoms with van der Waals surface area (Å²) in [5, 5.41) is 7.74. The first-order chi connectivity index (χ1) is 10.8. The van der Waals surface area contributed by atoms with Gasteiger partial charge in [-0.05, 0) is 23.3 Å². The Balaban J connectivity index is 1.94. The van der Waals surface area contributed by atoms with Gasteiger partial charge in [-0.25, -0.2) is 4.98 Å². The van der Waals surface area contributed by atoms with Crippen LogP contribution in [0.15, 0.2) is 42.5 Å². The highest BCUT2D eigenvalue weighted by Crippen LogP contribution is 2.28. The molecule has 0 aliphatic rings. The number of aldehydes is 1. The van der Waals surface area contributed by atoms with E-state index in [1.807, 2.05) is 25.1 Å². The molecule has 108 valence electrons. The Hall–Kier alpha value is -2.53. The summed E-state index contributed by atoms with van der Waals surface area (Å²) >= 11 is 1.53. The zero-order valence-electron chi connectivity index (χ0n) is 12.0. The van der Waals surface area contributed by atoms with E-state index < -0.39 is 0 Å². The first kappa shape index (κ1) is 13.2. The normalized spacial score (nSPS) is 11.3. The van der Waals surface area contributed by atoms with Crippen LogP contribution in [-0.4, -0.2) is 20.9 Å². The van der Waals surface area contributed by atoms with E-state index in [0.717, 1.165) is 33.6 Å². The molecule has 4 rings (SSSR count). The van der Waals surface area contributed by atoms with Crippen LogP contribution in [0.3, 0.4) is 0 Å². The van der Waals surface area contributed by atoms with E-state index in [4.69, 9.17) is 0 Å². The summed E-state index contributed by atoms with van der Waals surface area (Å²) in [5.74, 6) is 0. The fourth-order valence-electron chi connectivity index (χ4n) is 2.60. The molecule has 0 aliphatic heterocycles. The smallest absolute Gasteiger partial charge is 0.213 e. The topological polar surface area (TPSA) is 47.3 Å². The third-order valence-electron chi connectivity index (χ3n) is 3.72. The highest BCUT2D eigenvalue weighted by atomic mass is 32.1. The summed E-state index contributed by atoms with van der Waals surface area (Å²) in [4.78, 5) is 16.9. The van der Waals surface area contributed by atoms with Crippen molar-refractivity contribution in [2.45, 2.75) is 13.3 Å². The summed E-state index contributed by atoms with van der Waals surface area (Å²) in [6.07, 6.45) is 1.68. The average Bonchev–Trinajstić information content (AvgIpc) is 3.11. The van der Waals surface area contributed by atoms with Crippen LogP contribution >= 0.6 is 11.3 Å². The van der Waals surface area contributed by atoms with Crippen molar-refractivity contribution in [1.29, 1.82) is 0 Å². The molecule has 5 heteroatoms. The number of hydrogen-bond donors (Lipinski definition) is 0. The first-order valence-electron chi connectivity index (χ1n) is 7.13. The second-order valence-electron chi connectivity index (χ2n) is 5.07. The molecule has 0 radical (unpaired) electrons. The third kappa shape index (κ3) is 1.94. The van der Waals surface area contributed by atoms with Gasteiger partial charge in [0.05, 0.1) is 0 Å². The van der Waals surface area contributed by atoms with Crippen molar-refractivity contribution in [3.05, 3.63) is 53.2 Å². The third-order valence-corrected chi connectivity index (χ3v) is 4.77. The van der Waals surface area contributed by atoms with E-state index in [9.17, 15) is 4.79 Å². The largest absolute Gasteiger partial charge is 0.296 e. The van der Waals surface area contributed by atoms with Crippen molar-refractivity contribution in [2.75, 3.05) is 0 Å². The molecule has 0 N–H and O–H groups in total. The van der Waals surface area contributed by atoms with Gasteiger partial charge in [-0.3, -0.25) is 4.79 Å². The van der Waals surface area contributed by atoms with Gasteiger partial charge in [-0.15, -0.1) is 0 Å². The van der Waals surface area contributed by atoms with Crippen molar-refractivity contribution in [3.8, 4) is 11.3 Å². The molecule has 4 nitrogen and oxygen atoms in total. The lowest BCUT2D eigenvalue weighted by Gasteiger charge is -2.02. The Labute approximate surface area is 131 Å². The lowest BCUT2D eigenvalue weighted by atomic mass is 10.0. The minimum absolute atomic E-state index is 0.515. The number of carbonyl (C=O) groups excluding carboxylic acids is 1. The van der Waals surface area contributed by atoms with Gasteiger partial charge in [0.15, 0.2) is 6.29 Å². The van der Waals surface area contributed by atoms with Gasteiger partial charge in [-0.1, -0.05) is 54.7 Å². The van der Waals surface area contributed by atoms with E-state index in [2.05, 4.69) is 34.3 Å². The van der Waals surface area contributed by atoms with Gasteiger partial charge < -0.3 is 0 Å². The minimum Gasteiger partial charge on any atom is -0.296 e. The summed E-state index contributed by atoms with van der Waals surface area (Å²) in [6, 6.07) is 14.3. The molecule has 2 aromatic carbocycles. The molecule has 0 aliphatic carbocycles. The zero-order chi connectivity index (χ0) is 15.1. The zero-order valence-corrected chi connectivity index (χ0v) is 12.8. The number of aryl methyl sites for hydroxylation is 1. The van der Waals surface area contributed by atoms with Gasteiger partial charge in [0.2, 0.25) is 4.96 Å². The second kappa shape index (κ2) is 5.03. The SMILES string of the molecule is CCc1nn2c(C=O)c(-c3ccc4ccccc4c3)nc2s1. The maximum atomic E-state index is 11.5. The lowest BCUT2D eigenvalue weighted by Crippen LogP contribution is -1.94. The van der Waals surface area contributed by atoms with Crippen LogP contribution in [0.5, 0.6) is 0 Å². The quantitative estimate of drug-likeness (QED) is 0.538. The molecule has 0 atom stereocenters. The molecule has 2 heterocycles. The first-order valence-corrected chi connectivity index (χ1v) is 7.94. The predicted molar refractivity (Wildman–Crippen MR) is 88.6 cm³/mol. The molecule has 4 aromatic rings. The number of benzene rings is 2. The molecule has 0 fully saturated rings. The molecule has 0 amide bonds. The molecule has 0 saturated heterocycles. The molecule has 0 bridgehead atoms. The molecule has 22 heavy (non-hydrogen) atoms.